The summed E-state index contributed by atoms with van der Waals surface area (Å²) in [6.45, 7) is 4.17. The average Bonchev–Trinajstić information content (AvgIpc) is 3.38. The van der Waals surface area contributed by atoms with Gasteiger partial charge in [0.2, 0.25) is 10.3 Å². The van der Waals surface area contributed by atoms with E-state index in [0.717, 1.165) is 30.3 Å². The number of hydrogen-bond acceptors (Lipinski definition) is 5. The number of nitrogens with one attached hydrogen (secondary N) is 1. The van der Waals surface area contributed by atoms with Crippen molar-refractivity contribution in [2.24, 2.45) is 0 Å². The summed E-state index contributed by atoms with van der Waals surface area (Å²) >= 11 is 1.53. The van der Waals surface area contributed by atoms with Crippen LogP contribution in [0.1, 0.15) is 42.2 Å². The molecule has 0 atom stereocenters. The molecule has 1 aliphatic rings. The van der Waals surface area contributed by atoms with E-state index in [1.807, 2.05) is 36.5 Å². The van der Waals surface area contributed by atoms with Gasteiger partial charge in [-0.05, 0) is 55.5 Å². The summed E-state index contributed by atoms with van der Waals surface area (Å²) in [6, 6.07) is 11.6. The summed E-state index contributed by atoms with van der Waals surface area (Å²) in [5.41, 5.74) is 2.59. The highest BCUT2D eigenvalue weighted by Crippen LogP contribution is 2.27. The first-order chi connectivity index (χ1) is 13.2. The Kier molecular flexibility index (Phi) is 5.20. The number of piperidine rings is 1. The van der Waals surface area contributed by atoms with E-state index in [1.54, 1.807) is 10.6 Å². The van der Waals surface area contributed by atoms with Gasteiger partial charge in [-0.15, -0.1) is 10.2 Å². The standard InChI is InChI=1S/C20H23N5OS/c1-2-15-8-10-16(11-9-15)21-18(26)17-7-6-14-25(17)20-23-22-19(27-20)24-12-4-3-5-13-24/h6-11,14H,2-5,12-13H2,1H3,(H,21,26). The number of carbonyl (C=O) groups is 1. The minimum Gasteiger partial charge on any atom is -0.347 e. The monoisotopic (exact) mass is 381 g/mol. The van der Waals surface area contributed by atoms with Crippen LogP contribution in [-0.4, -0.2) is 33.8 Å². The van der Waals surface area contributed by atoms with Crippen LogP contribution in [0, 0.1) is 0 Å². The molecule has 0 spiro atoms. The molecule has 0 bridgehead atoms. The molecule has 3 heterocycles. The molecule has 1 N–H and O–H groups in total. The van der Waals surface area contributed by atoms with Crippen molar-refractivity contribution in [3.05, 3.63) is 53.9 Å². The predicted octanol–water partition coefficient (Wildman–Crippen LogP) is 4.13. The molecule has 6 nitrogen and oxygen atoms in total. The molecule has 1 aromatic carbocycles. The normalized spacial score (nSPS) is 14.3. The highest BCUT2D eigenvalue weighted by molar-refractivity contribution is 7.17. The van der Waals surface area contributed by atoms with E-state index in [0.29, 0.717) is 10.8 Å². The summed E-state index contributed by atoms with van der Waals surface area (Å²) in [6.07, 6.45) is 6.51. The molecule has 0 aliphatic carbocycles. The fraction of sp³-hybridized carbons (Fsp3) is 0.350. The number of amides is 1. The number of hydrogen-bond donors (Lipinski definition) is 1. The highest BCUT2D eigenvalue weighted by atomic mass is 32.1. The Hall–Kier alpha value is -2.67. The Morgan fingerprint density at radius 3 is 2.56 bits per heavy atom. The fourth-order valence-electron chi connectivity index (χ4n) is 3.27. The highest BCUT2D eigenvalue weighted by Gasteiger charge is 2.19. The zero-order valence-electron chi connectivity index (χ0n) is 15.4. The van der Waals surface area contributed by atoms with Gasteiger partial charge < -0.3 is 10.2 Å². The molecule has 3 aromatic rings. The van der Waals surface area contributed by atoms with Crippen molar-refractivity contribution in [1.82, 2.24) is 14.8 Å². The number of anilines is 2. The van der Waals surface area contributed by atoms with Crippen molar-refractivity contribution in [2.75, 3.05) is 23.3 Å². The first-order valence-electron chi connectivity index (χ1n) is 9.41. The lowest BCUT2D eigenvalue weighted by Gasteiger charge is -2.25. The topological polar surface area (TPSA) is 63.1 Å². The fourth-order valence-corrected chi connectivity index (χ4v) is 4.17. The van der Waals surface area contributed by atoms with Crippen molar-refractivity contribution < 1.29 is 4.79 Å². The smallest absolute Gasteiger partial charge is 0.272 e. The van der Waals surface area contributed by atoms with Gasteiger partial charge in [0.05, 0.1) is 0 Å². The van der Waals surface area contributed by atoms with Gasteiger partial charge in [-0.25, -0.2) is 0 Å². The first kappa shape index (κ1) is 17.7. The van der Waals surface area contributed by atoms with Crippen LogP contribution < -0.4 is 10.2 Å². The largest absolute Gasteiger partial charge is 0.347 e. The third kappa shape index (κ3) is 3.88. The number of aryl methyl sites for hydroxylation is 1. The van der Waals surface area contributed by atoms with Crippen molar-refractivity contribution >= 4 is 28.1 Å². The average molecular weight is 382 g/mol. The quantitative estimate of drug-likeness (QED) is 0.722. The van der Waals surface area contributed by atoms with Gasteiger partial charge >= 0.3 is 0 Å². The van der Waals surface area contributed by atoms with Gasteiger partial charge in [0, 0.05) is 25.0 Å². The summed E-state index contributed by atoms with van der Waals surface area (Å²) < 4.78 is 1.81. The molecule has 0 unspecified atom stereocenters. The molecular weight excluding hydrogens is 358 g/mol. The lowest BCUT2D eigenvalue weighted by molar-refractivity contribution is 0.102. The summed E-state index contributed by atoms with van der Waals surface area (Å²) in [5, 5.41) is 13.3. The van der Waals surface area contributed by atoms with Crippen LogP contribution in [0.3, 0.4) is 0 Å². The van der Waals surface area contributed by atoms with Crippen LogP contribution in [0.15, 0.2) is 42.6 Å². The maximum atomic E-state index is 12.7. The van der Waals surface area contributed by atoms with Crippen molar-refractivity contribution in [3.63, 3.8) is 0 Å². The zero-order valence-corrected chi connectivity index (χ0v) is 16.2. The molecule has 0 radical (unpaired) electrons. The molecule has 1 saturated heterocycles. The zero-order chi connectivity index (χ0) is 18.6. The molecule has 4 rings (SSSR count). The van der Waals surface area contributed by atoms with E-state index >= 15 is 0 Å². The van der Waals surface area contributed by atoms with Gasteiger partial charge in [-0.2, -0.15) is 0 Å². The minimum absolute atomic E-state index is 0.154. The molecule has 27 heavy (non-hydrogen) atoms. The van der Waals surface area contributed by atoms with E-state index < -0.39 is 0 Å². The van der Waals surface area contributed by atoms with E-state index in [4.69, 9.17) is 0 Å². The lowest BCUT2D eigenvalue weighted by atomic mass is 10.1. The van der Waals surface area contributed by atoms with Gasteiger partial charge in [-0.3, -0.25) is 9.36 Å². The molecule has 0 saturated carbocycles. The molecule has 1 fully saturated rings. The van der Waals surface area contributed by atoms with Crippen LogP contribution >= 0.6 is 11.3 Å². The molecule has 2 aromatic heterocycles. The van der Waals surface area contributed by atoms with Crippen molar-refractivity contribution in [2.45, 2.75) is 32.6 Å². The maximum absolute atomic E-state index is 12.7. The Morgan fingerprint density at radius 1 is 1.07 bits per heavy atom. The van der Waals surface area contributed by atoms with Crippen LogP contribution in [0.25, 0.3) is 5.13 Å². The molecule has 7 heteroatoms. The molecule has 140 valence electrons. The predicted molar refractivity (Wildman–Crippen MR) is 109 cm³/mol. The third-order valence-electron chi connectivity index (χ3n) is 4.84. The Bertz CT molecular complexity index is 909. The molecule has 1 aliphatic heterocycles. The Balaban J connectivity index is 1.51. The van der Waals surface area contributed by atoms with E-state index in [9.17, 15) is 4.79 Å². The second-order valence-corrected chi connectivity index (χ2v) is 7.62. The molecular formula is C20H23N5OS. The summed E-state index contributed by atoms with van der Waals surface area (Å²) in [5.74, 6) is -0.154. The van der Waals surface area contributed by atoms with Crippen LogP contribution in [0.2, 0.25) is 0 Å². The summed E-state index contributed by atoms with van der Waals surface area (Å²) in [7, 11) is 0. The van der Waals surface area contributed by atoms with E-state index in [-0.39, 0.29) is 5.91 Å². The number of carbonyl (C=O) groups excluding carboxylic acids is 1. The van der Waals surface area contributed by atoms with Gasteiger partial charge in [-0.1, -0.05) is 30.4 Å². The SMILES string of the molecule is CCc1ccc(NC(=O)c2cccn2-c2nnc(N3CCCCC3)s2)cc1. The van der Waals surface area contributed by atoms with Crippen molar-refractivity contribution in [1.29, 1.82) is 0 Å². The van der Waals surface area contributed by atoms with Gasteiger partial charge in [0.15, 0.2) is 0 Å². The van der Waals surface area contributed by atoms with Gasteiger partial charge in [0.25, 0.3) is 5.91 Å². The summed E-state index contributed by atoms with van der Waals surface area (Å²) in [4.78, 5) is 15.0. The van der Waals surface area contributed by atoms with E-state index in [1.165, 1.54) is 36.2 Å². The Labute approximate surface area is 162 Å². The van der Waals surface area contributed by atoms with Crippen LogP contribution in [0.5, 0.6) is 0 Å². The maximum Gasteiger partial charge on any atom is 0.272 e. The van der Waals surface area contributed by atoms with Gasteiger partial charge in [0.1, 0.15) is 5.69 Å². The minimum atomic E-state index is -0.154. The number of nitrogens with zero attached hydrogens (tertiary/aromatic N) is 4. The van der Waals surface area contributed by atoms with Crippen molar-refractivity contribution in [3.8, 4) is 5.13 Å². The number of aromatic nitrogens is 3. The Morgan fingerprint density at radius 2 is 1.81 bits per heavy atom. The second-order valence-electron chi connectivity index (χ2n) is 6.68. The third-order valence-corrected chi connectivity index (χ3v) is 5.82. The number of rotatable bonds is 5. The van der Waals surface area contributed by atoms with E-state index in [2.05, 4.69) is 27.3 Å². The second kappa shape index (κ2) is 7.92. The first-order valence-corrected chi connectivity index (χ1v) is 10.2. The molecule has 1 amide bonds. The lowest BCUT2D eigenvalue weighted by Crippen LogP contribution is -2.29. The van der Waals surface area contributed by atoms with Crippen LogP contribution in [0.4, 0.5) is 10.8 Å². The number of benzene rings is 1. The van der Waals surface area contributed by atoms with Crippen LogP contribution in [-0.2, 0) is 6.42 Å².